The molecule has 2 aromatic carbocycles. The van der Waals surface area contributed by atoms with Crippen LogP contribution in [0.1, 0.15) is 0 Å². The average molecular weight is 296 g/mol. The van der Waals surface area contributed by atoms with Gasteiger partial charge in [0, 0.05) is 0 Å². The lowest BCUT2D eigenvalue weighted by Gasteiger charge is -2.18. The molecule has 3 N–H and O–H groups in total. The van der Waals surface area contributed by atoms with Crippen molar-refractivity contribution in [3.8, 4) is 0 Å². The quantitative estimate of drug-likeness (QED) is 0.523. The van der Waals surface area contributed by atoms with Gasteiger partial charge < -0.3 is 9.59 Å². The van der Waals surface area contributed by atoms with Gasteiger partial charge in [-0.15, -0.1) is 0 Å². The summed E-state index contributed by atoms with van der Waals surface area (Å²) in [4.78, 5) is 20.2. The second-order valence-electron chi connectivity index (χ2n) is 4.04. The summed E-state index contributed by atoms with van der Waals surface area (Å²) in [6, 6.07) is 13.2. The van der Waals surface area contributed by atoms with E-state index >= 15 is 0 Å². The lowest BCUT2D eigenvalue weighted by Crippen LogP contribution is -2.59. The Hall–Kier alpha value is -1.51. The van der Waals surface area contributed by atoms with E-state index in [9.17, 15) is 18.0 Å². The van der Waals surface area contributed by atoms with E-state index in [1.54, 1.807) is 30.3 Å². The Balaban J connectivity index is 2.43. The molecule has 0 saturated heterocycles. The van der Waals surface area contributed by atoms with Gasteiger partial charge in [-0.25, -0.2) is 0 Å². The molecule has 0 unspecified atom stereocenters. The summed E-state index contributed by atoms with van der Waals surface area (Å²) in [6.45, 7) is 0. The molecule has 0 aromatic heterocycles. The Morgan fingerprint density at radius 3 is 1.74 bits per heavy atom. The average Bonchev–Trinajstić information content (AvgIpc) is 2.39. The van der Waals surface area contributed by atoms with Crippen LogP contribution < -0.4 is 10.4 Å². The lowest BCUT2D eigenvalue weighted by atomic mass is 10.4. The molecule has 0 heterocycles. The van der Waals surface area contributed by atoms with Crippen molar-refractivity contribution in [2.75, 3.05) is 0 Å². The molecule has 7 heteroatoms. The molecule has 0 fully saturated rings. The van der Waals surface area contributed by atoms with E-state index in [2.05, 4.69) is 0 Å². The standard InChI is InChI=1S/C12H12O5SSi/c13-18(14,15)10-6-8-12(9-7-10)19(16,17)11-4-2-1-3-5-11/h1-9,16-17H,(H,13,14,15). The normalized spacial score (nSPS) is 12.4. The van der Waals surface area contributed by atoms with Gasteiger partial charge in [0.25, 0.3) is 10.1 Å². The molecule has 0 saturated carbocycles. The first-order valence-corrected chi connectivity index (χ1v) is 8.73. The van der Waals surface area contributed by atoms with E-state index in [0.29, 0.717) is 5.19 Å². The van der Waals surface area contributed by atoms with E-state index in [-0.39, 0.29) is 10.1 Å². The first kappa shape index (κ1) is 13.9. The summed E-state index contributed by atoms with van der Waals surface area (Å²) in [6.07, 6.45) is 0. The maximum absolute atomic E-state index is 10.9. The third-order valence-electron chi connectivity index (χ3n) is 2.73. The fraction of sp³-hybridized carbons (Fsp3) is 0. The summed E-state index contributed by atoms with van der Waals surface area (Å²) < 4.78 is 30.7. The van der Waals surface area contributed by atoms with Crippen molar-refractivity contribution < 1.29 is 22.6 Å². The van der Waals surface area contributed by atoms with Gasteiger partial charge in [0.05, 0.1) is 4.90 Å². The van der Waals surface area contributed by atoms with Crippen LogP contribution in [0.15, 0.2) is 59.5 Å². The van der Waals surface area contributed by atoms with E-state index in [1.807, 2.05) is 0 Å². The fourth-order valence-electron chi connectivity index (χ4n) is 1.70. The maximum Gasteiger partial charge on any atom is 0.401 e. The van der Waals surface area contributed by atoms with Crippen molar-refractivity contribution in [3.05, 3.63) is 54.6 Å². The lowest BCUT2D eigenvalue weighted by molar-refractivity contribution is 0.401. The first-order chi connectivity index (χ1) is 8.82. The second-order valence-corrected chi connectivity index (χ2v) is 7.96. The number of hydrogen-bond acceptors (Lipinski definition) is 4. The van der Waals surface area contributed by atoms with Gasteiger partial charge in [0.15, 0.2) is 0 Å². The molecular weight excluding hydrogens is 284 g/mol. The molecule has 0 aliphatic rings. The molecular formula is C12H12O5SSi. The summed E-state index contributed by atoms with van der Waals surface area (Å²) >= 11 is 0. The summed E-state index contributed by atoms with van der Waals surface area (Å²) in [7, 11) is -8.09. The van der Waals surface area contributed by atoms with Gasteiger partial charge in [0.2, 0.25) is 0 Å². The maximum atomic E-state index is 10.9. The zero-order valence-corrected chi connectivity index (χ0v) is 11.6. The van der Waals surface area contributed by atoms with Crippen molar-refractivity contribution >= 4 is 29.1 Å². The highest BCUT2D eigenvalue weighted by atomic mass is 32.2. The smallest absolute Gasteiger partial charge is 0.401 e. The molecule has 0 radical (unpaired) electrons. The van der Waals surface area contributed by atoms with E-state index < -0.39 is 18.7 Å². The van der Waals surface area contributed by atoms with Gasteiger partial charge in [0.1, 0.15) is 0 Å². The van der Waals surface area contributed by atoms with Crippen molar-refractivity contribution in [2.24, 2.45) is 0 Å². The van der Waals surface area contributed by atoms with Crippen LogP contribution in [0.4, 0.5) is 0 Å². The Bertz CT molecular complexity index is 665. The highest BCUT2D eigenvalue weighted by Gasteiger charge is 2.34. The molecule has 19 heavy (non-hydrogen) atoms. The monoisotopic (exact) mass is 296 g/mol. The predicted octanol–water partition coefficient (Wildman–Crippen LogP) is -0.526. The summed E-state index contributed by atoms with van der Waals surface area (Å²) in [5, 5.41) is 0.640. The van der Waals surface area contributed by atoms with Gasteiger partial charge in [-0.2, -0.15) is 8.42 Å². The third kappa shape index (κ3) is 2.91. The molecule has 100 valence electrons. The Kier molecular flexibility index (Phi) is 3.57. The molecule has 0 aliphatic carbocycles. The third-order valence-corrected chi connectivity index (χ3v) is 5.88. The van der Waals surface area contributed by atoms with Crippen LogP contribution in [0.3, 0.4) is 0 Å². The Morgan fingerprint density at radius 1 is 0.789 bits per heavy atom. The van der Waals surface area contributed by atoms with Crippen LogP contribution in [0.25, 0.3) is 0 Å². The van der Waals surface area contributed by atoms with Crippen molar-refractivity contribution in [2.45, 2.75) is 4.90 Å². The van der Waals surface area contributed by atoms with E-state index in [4.69, 9.17) is 4.55 Å². The van der Waals surface area contributed by atoms with Crippen molar-refractivity contribution in [1.29, 1.82) is 0 Å². The number of benzene rings is 2. The minimum atomic E-state index is -4.28. The molecule has 0 bridgehead atoms. The van der Waals surface area contributed by atoms with Gasteiger partial charge in [-0.3, -0.25) is 4.55 Å². The van der Waals surface area contributed by atoms with Crippen LogP contribution >= 0.6 is 0 Å². The molecule has 2 rings (SSSR count). The van der Waals surface area contributed by atoms with Crippen LogP contribution in [0.2, 0.25) is 0 Å². The van der Waals surface area contributed by atoms with E-state index in [0.717, 1.165) is 12.1 Å². The summed E-state index contributed by atoms with van der Waals surface area (Å²) in [5.41, 5.74) is 0. The van der Waals surface area contributed by atoms with Crippen molar-refractivity contribution in [3.63, 3.8) is 0 Å². The zero-order chi connectivity index (χ0) is 14.1. The van der Waals surface area contributed by atoms with Crippen molar-refractivity contribution in [1.82, 2.24) is 0 Å². The van der Waals surface area contributed by atoms with Crippen LogP contribution in [0, 0.1) is 0 Å². The first-order valence-electron chi connectivity index (χ1n) is 5.40. The van der Waals surface area contributed by atoms with Crippen LogP contribution in [-0.4, -0.2) is 31.1 Å². The van der Waals surface area contributed by atoms with Gasteiger partial charge in [-0.1, -0.05) is 42.5 Å². The van der Waals surface area contributed by atoms with Gasteiger partial charge >= 0.3 is 8.56 Å². The molecule has 0 atom stereocenters. The fourth-order valence-corrected chi connectivity index (χ4v) is 3.80. The number of hydrogen-bond donors (Lipinski definition) is 3. The molecule has 2 aromatic rings. The topological polar surface area (TPSA) is 94.8 Å². The second kappa shape index (κ2) is 4.87. The Morgan fingerprint density at radius 2 is 1.26 bits per heavy atom. The van der Waals surface area contributed by atoms with Gasteiger partial charge in [-0.05, 0) is 22.5 Å². The number of rotatable bonds is 3. The largest absolute Gasteiger partial charge is 0.404 e. The SMILES string of the molecule is O=S(=O)(O)c1ccc([Si](O)(O)c2ccccc2)cc1. The summed E-state index contributed by atoms with van der Waals surface area (Å²) in [5.74, 6) is 0. The minimum Gasteiger partial charge on any atom is -0.404 e. The molecule has 0 spiro atoms. The highest BCUT2D eigenvalue weighted by Crippen LogP contribution is 2.07. The van der Waals surface area contributed by atoms with Crippen LogP contribution in [-0.2, 0) is 10.1 Å². The molecule has 5 nitrogen and oxygen atoms in total. The Labute approximate surface area is 111 Å². The molecule has 0 aliphatic heterocycles. The minimum absolute atomic E-state index is 0.242. The highest BCUT2D eigenvalue weighted by molar-refractivity contribution is 7.85. The predicted molar refractivity (Wildman–Crippen MR) is 72.2 cm³/mol. The van der Waals surface area contributed by atoms with Crippen LogP contribution in [0.5, 0.6) is 0 Å². The van der Waals surface area contributed by atoms with E-state index in [1.165, 1.54) is 12.1 Å². The zero-order valence-electron chi connectivity index (χ0n) is 9.76. The molecule has 0 amide bonds.